The maximum Gasteiger partial charge on any atom is 0.274 e. The van der Waals surface area contributed by atoms with Gasteiger partial charge in [0.1, 0.15) is 0 Å². The Morgan fingerprint density at radius 3 is 2.35 bits per heavy atom. The fraction of sp³-hybridized carbons (Fsp3) is 0.286. The van der Waals surface area contributed by atoms with Gasteiger partial charge in [0.2, 0.25) is 0 Å². The van der Waals surface area contributed by atoms with Crippen molar-refractivity contribution in [1.29, 1.82) is 0 Å². The summed E-state index contributed by atoms with van der Waals surface area (Å²) in [6.45, 7) is 3.60. The predicted octanol–water partition coefficient (Wildman–Crippen LogP) is 2.79. The fourth-order valence-electron chi connectivity index (χ4n) is 4.98. The molecule has 9 heteroatoms. The molecule has 0 unspecified atom stereocenters. The Morgan fingerprint density at radius 2 is 1.59 bits per heavy atom. The van der Waals surface area contributed by atoms with Crippen molar-refractivity contribution in [3.63, 3.8) is 0 Å². The number of hydrogen-bond acceptors (Lipinski definition) is 5. The summed E-state index contributed by atoms with van der Waals surface area (Å²) in [5.41, 5.74) is 4.82. The second-order valence-electron chi connectivity index (χ2n) is 9.31. The fourth-order valence-corrected chi connectivity index (χ4v) is 4.98. The van der Waals surface area contributed by atoms with E-state index in [1.807, 2.05) is 53.2 Å². The molecule has 188 valence electrons. The standard InChI is InChI=1S/C28H28N6O3/c35-27(22-17-29-33(19-22)23-9-5-2-6-10-23)32-12-11-25-24(20-32)26(28(36)31-13-15-37-16-14-31)30-34(25)18-21-7-3-1-4-8-21/h1-10,17,19H,11-16,18,20H2. The predicted molar refractivity (Wildman–Crippen MR) is 137 cm³/mol. The van der Waals surface area contributed by atoms with Crippen molar-refractivity contribution in [2.45, 2.75) is 19.5 Å². The number of amides is 2. The summed E-state index contributed by atoms with van der Waals surface area (Å²) < 4.78 is 9.07. The lowest BCUT2D eigenvalue weighted by molar-refractivity contribution is 0.0296. The third kappa shape index (κ3) is 4.65. The first-order valence-corrected chi connectivity index (χ1v) is 12.6. The molecule has 2 amide bonds. The zero-order valence-corrected chi connectivity index (χ0v) is 20.5. The molecule has 2 aliphatic heterocycles. The van der Waals surface area contributed by atoms with Crippen LogP contribution in [0.3, 0.4) is 0 Å². The van der Waals surface area contributed by atoms with Crippen molar-refractivity contribution in [3.8, 4) is 5.69 Å². The highest BCUT2D eigenvalue weighted by molar-refractivity contribution is 5.96. The van der Waals surface area contributed by atoms with E-state index in [9.17, 15) is 9.59 Å². The summed E-state index contributed by atoms with van der Waals surface area (Å²) in [6, 6.07) is 19.8. The molecule has 37 heavy (non-hydrogen) atoms. The average molecular weight is 497 g/mol. The molecular formula is C28H28N6O3. The largest absolute Gasteiger partial charge is 0.378 e. The van der Waals surface area contributed by atoms with E-state index >= 15 is 0 Å². The lowest BCUT2D eigenvalue weighted by atomic mass is 10.0. The quantitative estimate of drug-likeness (QED) is 0.424. The van der Waals surface area contributed by atoms with Crippen LogP contribution < -0.4 is 0 Å². The zero-order chi connectivity index (χ0) is 25.2. The van der Waals surface area contributed by atoms with Gasteiger partial charge in [-0.05, 0) is 17.7 Å². The van der Waals surface area contributed by atoms with Crippen molar-refractivity contribution < 1.29 is 14.3 Å². The van der Waals surface area contributed by atoms with Gasteiger partial charge in [0.25, 0.3) is 11.8 Å². The van der Waals surface area contributed by atoms with Crippen molar-refractivity contribution in [3.05, 3.63) is 101 Å². The maximum atomic E-state index is 13.5. The Bertz CT molecular complexity index is 1410. The molecule has 9 nitrogen and oxygen atoms in total. The van der Waals surface area contributed by atoms with Gasteiger partial charge in [0.15, 0.2) is 5.69 Å². The minimum absolute atomic E-state index is 0.0995. The van der Waals surface area contributed by atoms with Crippen LogP contribution in [0.2, 0.25) is 0 Å². The summed E-state index contributed by atoms with van der Waals surface area (Å²) in [7, 11) is 0. The Labute approximate surface area is 214 Å². The molecule has 2 aromatic heterocycles. The van der Waals surface area contributed by atoms with Crippen LogP contribution in [0.4, 0.5) is 0 Å². The van der Waals surface area contributed by atoms with Crippen LogP contribution in [0.15, 0.2) is 73.1 Å². The number of carbonyl (C=O) groups excluding carboxylic acids is 2. The minimum Gasteiger partial charge on any atom is -0.378 e. The third-order valence-corrected chi connectivity index (χ3v) is 6.95. The van der Waals surface area contributed by atoms with Gasteiger partial charge in [-0.25, -0.2) is 4.68 Å². The number of ether oxygens (including phenoxy) is 1. The van der Waals surface area contributed by atoms with E-state index in [1.165, 1.54) is 0 Å². The van der Waals surface area contributed by atoms with Gasteiger partial charge in [0, 0.05) is 43.5 Å². The lowest BCUT2D eigenvalue weighted by Crippen LogP contribution is -2.42. The number of fused-ring (bicyclic) bond motifs is 1. The van der Waals surface area contributed by atoms with Crippen LogP contribution >= 0.6 is 0 Å². The molecule has 0 radical (unpaired) electrons. The second-order valence-corrected chi connectivity index (χ2v) is 9.31. The molecule has 0 saturated carbocycles. The summed E-state index contributed by atoms with van der Waals surface area (Å²) >= 11 is 0. The van der Waals surface area contributed by atoms with Crippen molar-refractivity contribution in [1.82, 2.24) is 29.4 Å². The molecule has 0 bridgehead atoms. The normalized spacial score (nSPS) is 15.5. The van der Waals surface area contributed by atoms with Gasteiger partial charge in [0.05, 0.1) is 43.8 Å². The Hall–Kier alpha value is -4.24. The van der Waals surface area contributed by atoms with E-state index in [2.05, 4.69) is 17.2 Å². The highest BCUT2D eigenvalue weighted by Crippen LogP contribution is 2.26. The van der Waals surface area contributed by atoms with Crippen LogP contribution in [0.5, 0.6) is 0 Å². The molecule has 0 aliphatic carbocycles. The van der Waals surface area contributed by atoms with Gasteiger partial charge in [-0.15, -0.1) is 0 Å². The van der Waals surface area contributed by atoms with E-state index < -0.39 is 0 Å². The number of nitrogens with zero attached hydrogens (tertiary/aromatic N) is 6. The van der Waals surface area contributed by atoms with Crippen molar-refractivity contribution >= 4 is 11.8 Å². The highest BCUT2D eigenvalue weighted by atomic mass is 16.5. The zero-order valence-electron chi connectivity index (χ0n) is 20.5. The van der Waals surface area contributed by atoms with Crippen LogP contribution in [-0.4, -0.2) is 74.0 Å². The van der Waals surface area contributed by atoms with Crippen LogP contribution in [0.25, 0.3) is 5.69 Å². The first kappa shape index (κ1) is 23.2. The van der Waals surface area contributed by atoms with Crippen LogP contribution in [0, 0.1) is 0 Å². The number of aromatic nitrogens is 4. The molecule has 4 heterocycles. The highest BCUT2D eigenvalue weighted by Gasteiger charge is 2.33. The minimum atomic E-state index is -0.103. The summed E-state index contributed by atoms with van der Waals surface area (Å²) in [6.07, 6.45) is 3.99. The number of hydrogen-bond donors (Lipinski definition) is 0. The maximum absolute atomic E-state index is 13.5. The molecule has 2 aromatic carbocycles. The molecule has 0 atom stereocenters. The van der Waals surface area contributed by atoms with Gasteiger partial charge in [-0.3, -0.25) is 14.3 Å². The number of benzene rings is 2. The van der Waals surface area contributed by atoms with Crippen molar-refractivity contribution in [2.24, 2.45) is 0 Å². The SMILES string of the molecule is O=C(c1cnn(-c2ccccc2)c1)N1CCc2c(c(C(=O)N3CCOCC3)nn2Cc2ccccc2)C1. The first-order chi connectivity index (χ1) is 18.2. The van der Waals surface area contributed by atoms with E-state index in [0.29, 0.717) is 63.6 Å². The molecule has 1 fully saturated rings. The number of rotatable bonds is 5. The Kier molecular flexibility index (Phi) is 6.28. The van der Waals surface area contributed by atoms with Crippen molar-refractivity contribution in [2.75, 3.05) is 32.8 Å². The molecule has 1 saturated heterocycles. The molecule has 0 spiro atoms. The Balaban J connectivity index is 1.29. The molecular weight excluding hydrogens is 468 g/mol. The average Bonchev–Trinajstić information content (AvgIpc) is 3.59. The van der Waals surface area contributed by atoms with E-state index in [1.54, 1.807) is 26.9 Å². The molecule has 0 N–H and O–H groups in total. The van der Waals surface area contributed by atoms with Crippen LogP contribution in [0.1, 0.15) is 37.7 Å². The van der Waals surface area contributed by atoms with Gasteiger partial charge in [-0.1, -0.05) is 48.5 Å². The van der Waals surface area contributed by atoms with E-state index in [4.69, 9.17) is 9.84 Å². The third-order valence-electron chi connectivity index (χ3n) is 6.95. The van der Waals surface area contributed by atoms with Gasteiger partial charge < -0.3 is 14.5 Å². The van der Waals surface area contributed by atoms with E-state index in [-0.39, 0.29) is 11.8 Å². The number of carbonyl (C=O) groups is 2. The molecule has 2 aliphatic rings. The number of para-hydroxylation sites is 1. The second kappa shape index (κ2) is 10.0. The Morgan fingerprint density at radius 1 is 0.865 bits per heavy atom. The monoisotopic (exact) mass is 496 g/mol. The van der Waals surface area contributed by atoms with E-state index in [0.717, 1.165) is 22.5 Å². The van der Waals surface area contributed by atoms with Gasteiger partial charge in [-0.2, -0.15) is 10.2 Å². The smallest absolute Gasteiger partial charge is 0.274 e. The topological polar surface area (TPSA) is 85.5 Å². The summed E-state index contributed by atoms with van der Waals surface area (Å²) in [4.78, 5) is 30.6. The number of morpholine rings is 1. The van der Waals surface area contributed by atoms with Gasteiger partial charge >= 0.3 is 0 Å². The summed E-state index contributed by atoms with van der Waals surface area (Å²) in [5.74, 6) is -0.203. The summed E-state index contributed by atoms with van der Waals surface area (Å²) in [5, 5.41) is 9.19. The lowest BCUT2D eigenvalue weighted by Gasteiger charge is -2.29. The molecule has 6 rings (SSSR count). The molecule has 4 aromatic rings. The first-order valence-electron chi connectivity index (χ1n) is 12.6. The van der Waals surface area contributed by atoms with Crippen LogP contribution in [-0.2, 0) is 24.2 Å².